The van der Waals surface area contributed by atoms with Crippen molar-refractivity contribution < 1.29 is 13.8 Å². The van der Waals surface area contributed by atoms with E-state index in [0.717, 1.165) is 4.68 Å². The highest BCUT2D eigenvalue weighted by atomic mass is 16.6. The Morgan fingerprint density at radius 1 is 1.19 bits per heavy atom. The summed E-state index contributed by atoms with van der Waals surface area (Å²) < 4.78 is 10.9. The van der Waals surface area contributed by atoms with E-state index in [9.17, 15) is 4.79 Å². The van der Waals surface area contributed by atoms with E-state index in [1.165, 1.54) is 12.5 Å². The number of nitrogens with two attached hydrogens (primary N) is 1. The third-order valence-corrected chi connectivity index (χ3v) is 3.53. The average molecular weight is 364 g/mol. The molecule has 4 rings (SSSR count). The molecule has 134 valence electrons. The van der Waals surface area contributed by atoms with Gasteiger partial charge in [-0.3, -0.25) is 4.79 Å². The van der Waals surface area contributed by atoms with Gasteiger partial charge in [-0.15, -0.1) is 5.10 Å². The molecule has 1 amide bonds. The van der Waals surface area contributed by atoms with Crippen LogP contribution in [0.1, 0.15) is 16.2 Å². The molecule has 0 atom stereocenters. The van der Waals surface area contributed by atoms with Gasteiger partial charge in [-0.25, -0.2) is 10.1 Å². The van der Waals surface area contributed by atoms with Gasteiger partial charge >= 0.3 is 0 Å². The van der Waals surface area contributed by atoms with E-state index in [2.05, 4.69) is 35.8 Å². The van der Waals surface area contributed by atoms with E-state index in [1.54, 1.807) is 24.3 Å². The Hall–Kier alpha value is -4.28. The fraction of sp³-hybridized carbons (Fsp3) is 0. The lowest BCUT2D eigenvalue weighted by molar-refractivity contribution is 0.0947. The van der Waals surface area contributed by atoms with Gasteiger partial charge in [-0.05, 0) is 22.4 Å². The van der Waals surface area contributed by atoms with Crippen molar-refractivity contribution in [1.29, 1.82) is 0 Å². The number of aromatic nitrogens is 5. The molecule has 0 radical (unpaired) electrons. The standard InChI is InChI=1S/C16H12N8O3/c17-14-15(22-27-21-14)24-13(12(19-23-24)10-5-2-1-3-6-10)16(25)20-18-9-11-7-4-8-26-11/h1-9H,(H2,17,21)(H,20,25)/b18-9+. The molecule has 0 saturated carbocycles. The predicted octanol–water partition coefficient (Wildman–Crippen LogP) is 1.26. The van der Waals surface area contributed by atoms with Crippen molar-refractivity contribution >= 4 is 17.9 Å². The number of hydrazone groups is 1. The predicted molar refractivity (Wildman–Crippen MR) is 92.8 cm³/mol. The van der Waals surface area contributed by atoms with E-state index in [-0.39, 0.29) is 17.3 Å². The zero-order valence-corrected chi connectivity index (χ0v) is 13.7. The lowest BCUT2D eigenvalue weighted by Crippen LogP contribution is -2.22. The fourth-order valence-corrected chi connectivity index (χ4v) is 2.33. The van der Waals surface area contributed by atoms with Crippen LogP contribution in [0.5, 0.6) is 0 Å². The lowest BCUT2D eigenvalue weighted by Gasteiger charge is -2.04. The Morgan fingerprint density at radius 3 is 2.74 bits per heavy atom. The van der Waals surface area contributed by atoms with Crippen LogP contribution in [-0.2, 0) is 0 Å². The number of carbonyl (C=O) groups excluding carboxylic acids is 1. The molecule has 0 unspecified atom stereocenters. The van der Waals surface area contributed by atoms with E-state index in [0.29, 0.717) is 17.0 Å². The van der Waals surface area contributed by atoms with E-state index >= 15 is 0 Å². The van der Waals surface area contributed by atoms with Crippen LogP contribution < -0.4 is 11.2 Å². The monoisotopic (exact) mass is 364 g/mol. The number of hydrogen-bond donors (Lipinski definition) is 2. The molecule has 0 saturated heterocycles. The highest BCUT2D eigenvalue weighted by molar-refractivity contribution is 5.99. The first-order valence-corrected chi connectivity index (χ1v) is 7.70. The van der Waals surface area contributed by atoms with Gasteiger partial charge in [0.15, 0.2) is 5.69 Å². The molecular formula is C16H12N8O3. The Balaban J connectivity index is 1.73. The van der Waals surface area contributed by atoms with Gasteiger partial charge in [0.25, 0.3) is 5.91 Å². The molecule has 4 aromatic rings. The van der Waals surface area contributed by atoms with Gasteiger partial charge in [0.1, 0.15) is 11.5 Å². The maximum Gasteiger partial charge on any atom is 0.292 e. The summed E-state index contributed by atoms with van der Waals surface area (Å²) in [5.74, 6) is -0.0864. The number of rotatable bonds is 5. The number of nitrogens with one attached hydrogen (secondary N) is 1. The molecule has 0 fully saturated rings. The first-order valence-electron chi connectivity index (χ1n) is 7.70. The van der Waals surface area contributed by atoms with Crippen LogP contribution >= 0.6 is 0 Å². The summed E-state index contributed by atoms with van der Waals surface area (Å²) in [6, 6.07) is 12.5. The molecule has 3 N–H and O–H groups in total. The first-order chi connectivity index (χ1) is 13.2. The highest BCUT2D eigenvalue weighted by Gasteiger charge is 2.25. The molecule has 11 nitrogen and oxygen atoms in total. The molecule has 27 heavy (non-hydrogen) atoms. The van der Waals surface area contributed by atoms with Gasteiger partial charge in [-0.2, -0.15) is 9.78 Å². The normalized spacial score (nSPS) is 11.1. The van der Waals surface area contributed by atoms with Gasteiger partial charge in [0, 0.05) is 5.56 Å². The van der Waals surface area contributed by atoms with Crippen molar-refractivity contribution in [3.63, 3.8) is 0 Å². The third kappa shape index (κ3) is 3.16. The summed E-state index contributed by atoms with van der Waals surface area (Å²) in [5, 5.41) is 19.1. The Labute approximate surface area is 151 Å². The number of nitrogens with zero attached hydrogens (tertiary/aromatic N) is 6. The summed E-state index contributed by atoms with van der Waals surface area (Å²) in [6.45, 7) is 0. The summed E-state index contributed by atoms with van der Waals surface area (Å²) in [4.78, 5) is 12.8. The van der Waals surface area contributed by atoms with Crippen molar-refractivity contribution in [1.82, 2.24) is 30.7 Å². The minimum atomic E-state index is -0.580. The molecule has 0 aliphatic carbocycles. The lowest BCUT2D eigenvalue weighted by atomic mass is 10.1. The van der Waals surface area contributed by atoms with Crippen molar-refractivity contribution in [2.45, 2.75) is 0 Å². The van der Waals surface area contributed by atoms with Crippen LogP contribution in [0.4, 0.5) is 5.82 Å². The number of amides is 1. The van der Waals surface area contributed by atoms with Gasteiger partial charge in [0.2, 0.25) is 11.6 Å². The summed E-state index contributed by atoms with van der Waals surface area (Å²) in [6.07, 6.45) is 2.86. The number of benzene rings is 1. The molecule has 0 spiro atoms. The minimum absolute atomic E-state index is 0.0346. The second-order valence-corrected chi connectivity index (χ2v) is 5.25. The second-order valence-electron chi connectivity index (χ2n) is 5.25. The Kier molecular flexibility index (Phi) is 4.15. The number of nitrogen functional groups attached to an aromatic ring is 1. The van der Waals surface area contributed by atoms with Crippen molar-refractivity contribution in [3.8, 4) is 17.1 Å². The van der Waals surface area contributed by atoms with Crippen molar-refractivity contribution in [2.75, 3.05) is 5.73 Å². The smallest absolute Gasteiger partial charge is 0.292 e. The SMILES string of the molecule is Nc1nonc1-n1nnc(-c2ccccc2)c1C(=O)N/N=C/c1ccco1. The van der Waals surface area contributed by atoms with Crippen LogP contribution in [0, 0.1) is 0 Å². The molecule has 3 heterocycles. The average Bonchev–Trinajstić information content (AvgIpc) is 3.42. The zero-order chi connectivity index (χ0) is 18.6. The Morgan fingerprint density at radius 2 is 2.04 bits per heavy atom. The Bertz CT molecular complexity index is 1080. The molecule has 0 aliphatic rings. The number of hydrogen-bond acceptors (Lipinski definition) is 9. The summed E-state index contributed by atoms with van der Waals surface area (Å²) in [7, 11) is 0. The quantitative estimate of drug-likeness (QED) is 0.397. The molecule has 0 bridgehead atoms. The van der Waals surface area contributed by atoms with E-state index in [1.807, 2.05) is 18.2 Å². The summed E-state index contributed by atoms with van der Waals surface area (Å²) in [5.41, 5.74) is 9.20. The van der Waals surface area contributed by atoms with Crippen LogP contribution in [0.25, 0.3) is 17.1 Å². The second kappa shape index (κ2) is 6.92. The van der Waals surface area contributed by atoms with Gasteiger partial charge < -0.3 is 10.2 Å². The van der Waals surface area contributed by atoms with Crippen LogP contribution in [0.15, 0.2) is 62.9 Å². The molecule has 1 aromatic carbocycles. The highest BCUT2D eigenvalue weighted by Crippen LogP contribution is 2.24. The van der Waals surface area contributed by atoms with Gasteiger partial charge in [-0.1, -0.05) is 35.5 Å². The fourth-order valence-electron chi connectivity index (χ4n) is 2.33. The summed E-state index contributed by atoms with van der Waals surface area (Å²) >= 11 is 0. The zero-order valence-electron chi connectivity index (χ0n) is 13.7. The number of anilines is 1. The molecular weight excluding hydrogens is 352 g/mol. The maximum absolute atomic E-state index is 12.8. The largest absolute Gasteiger partial charge is 0.463 e. The topological polar surface area (TPSA) is 150 Å². The van der Waals surface area contributed by atoms with E-state index < -0.39 is 5.91 Å². The van der Waals surface area contributed by atoms with Crippen LogP contribution in [0.2, 0.25) is 0 Å². The van der Waals surface area contributed by atoms with Gasteiger partial charge in [0.05, 0.1) is 12.5 Å². The minimum Gasteiger partial charge on any atom is -0.463 e. The number of furan rings is 1. The van der Waals surface area contributed by atoms with Crippen molar-refractivity contribution in [3.05, 3.63) is 60.2 Å². The third-order valence-electron chi connectivity index (χ3n) is 3.53. The maximum atomic E-state index is 12.8. The number of carbonyl (C=O) groups is 1. The first kappa shape index (κ1) is 16.2. The van der Waals surface area contributed by atoms with E-state index in [4.69, 9.17) is 10.2 Å². The molecule has 11 heteroatoms. The van der Waals surface area contributed by atoms with Crippen LogP contribution in [-0.4, -0.2) is 37.4 Å². The molecule has 3 aromatic heterocycles. The van der Waals surface area contributed by atoms with Crippen molar-refractivity contribution in [2.24, 2.45) is 5.10 Å². The molecule has 0 aliphatic heterocycles. The van der Waals surface area contributed by atoms with Crippen LogP contribution in [0.3, 0.4) is 0 Å².